The second-order valence-electron chi connectivity index (χ2n) is 4.34. The molecule has 0 radical (unpaired) electrons. The minimum absolute atomic E-state index is 0.551. The van der Waals surface area contributed by atoms with Crippen LogP contribution < -0.4 is 0 Å². The fourth-order valence-corrected chi connectivity index (χ4v) is 5.40. The highest BCUT2D eigenvalue weighted by atomic mass is 79.9. The van der Waals surface area contributed by atoms with Crippen LogP contribution in [-0.2, 0) is 0 Å². The third-order valence-corrected chi connectivity index (χ3v) is 6.31. The van der Waals surface area contributed by atoms with E-state index in [0.717, 1.165) is 5.92 Å². The van der Waals surface area contributed by atoms with Crippen LogP contribution in [0.2, 0.25) is 0 Å². The Morgan fingerprint density at radius 2 is 2.07 bits per heavy atom. The van der Waals surface area contributed by atoms with Crippen LogP contribution in [0.3, 0.4) is 0 Å². The number of thiophene rings is 1. The van der Waals surface area contributed by atoms with E-state index in [1.165, 1.54) is 47.9 Å². The number of alkyl halides is 1. The first-order chi connectivity index (χ1) is 7.27. The lowest BCUT2D eigenvalue weighted by Crippen LogP contribution is -2.08. The van der Waals surface area contributed by atoms with E-state index in [1.54, 1.807) is 0 Å². The maximum atomic E-state index is 3.83. The molecule has 1 saturated carbocycles. The van der Waals surface area contributed by atoms with Gasteiger partial charge in [0.1, 0.15) is 0 Å². The van der Waals surface area contributed by atoms with Crippen LogP contribution in [0.25, 0.3) is 0 Å². The molecule has 0 nitrogen and oxygen atoms in total. The molecule has 0 N–H and O–H groups in total. The summed E-state index contributed by atoms with van der Waals surface area (Å²) in [5, 5.41) is 2.16. The average molecular weight is 352 g/mol. The standard InChI is InChI=1S/C12H16Br2S/c13-10-6-7-15-12(10)11(14)8-9-4-2-1-3-5-9/h6-7,9,11H,1-5,8H2. The predicted octanol–water partition coefficient (Wildman–Crippen LogP) is 5.92. The smallest absolute Gasteiger partial charge is 0.0503 e. The average Bonchev–Trinajstić information content (AvgIpc) is 2.66. The highest BCUT2D eigenvalue weighted by molar-refractivity contribution is 9.11. The molecule has 1 aliphatic carbocycles. The molecular formula is C12H16Br2S. The number of hydrogen-bond acceptors (Lipinski definition) is 1. The summed E-state index contributed by atoms with van der Waals surface area (Å²) < 4.78 is 1.27. The molecule has 84 valence electrons. The van der Waals surface area contributed by atoms with Gasteiger partial charge >= 0.3 is 0 Å². The van der Waals surface area contributed by atoms with Gasteiger partial charge in [-0.05, 0) is 39.7 Å². The summed E-state index contributed by atoms with van der Waals surface area (Å²) in [4.78, 5) is 2.01. The van der Waals surface area contributed by atoms with Crippen molar-refractivity contribution in [3.63, 3.8) is 0 Å². The number of hydrogen-bond donors (Lipinski definition) is 0. The first-order valence-electron chi connectivity index (χ1n) is 5.64. The molecule has 15 heavy (non-hydrogen) atoms. The van der Waals surface area contributed by atoms with Crippen LogP contribution in [0.4, 0.5) is 0 Å². The lowest BCUT2D eigenvalue weighted by molar-refractivity contribution is 0.339. The van der Waals surface area contributed by atoms with E-state index < -0.39 is 0 Å². The molecule has 1 unspecified atom stereocenters. The van der Waals surface area contributed by atoms with Gasteiger partial charge < -0.3 is 0 Å². The molecule has 1 aromatic rings. The van der Waals surface area contributed by atoms with E-state index in [4.69, 9.17) is 0 Å². The van der Waals surface area contributed by atoms with Gasteiger partial charge in [0.15, 0.2) is 0 Å². The molecule has 1 aliphatic rings. The van der Waals surface area contributed by atoms with Crippen LogP contribution in [-0.4, -0.2) is 0 Å². The van der Waals surface area contributed by atoms with Gasteiger partial charge in [0, 0.05) is 9.35 Å². The number of rotatable bonds is 3. The van der Waals surface area contributed by atoms with Crippen molar-refractivity contribution in [2.45, 2.75) is 43.4 Å². The summed E-state index contributed by atoms with van der Waals surface area (Å²) in [6.45, 7) is 0. The topological polar surface area (TPSA) is 0 Å². The van der Waals surface area contributed by atoms with E-state index >= 15 is 0 Å². The normalized spacial score (nSPS) is 20.4. The first-order valence-corrected chi connectivity index (χ1v) is 8.23. The molecule has 1 atom stereocenters. The van der Waals surface area contributed by atoms with Crippen LogP contribution in [0.5, 0.6) is 0 Å². The Labute approximate surface area is 113 Å². The molecule has 0 saturated heterocycles. The molecule has 2 rings (SSSR count). The van der Waals surface area contributed by atoms with Gasteiger partial charge in [0.25, 0.3) is 0 Å². The minimum atomic E-state index is 0.551. The van der Waals surface area contributed by atoms with Crippen molar-refractivity contribution in [1.29, 1.82) is 0 Å². The lowest BCUT2D eigenvalue weighted by Gasteiger charge is -2.23. The van der Waals surface area contributed by atoms with Gasteiger partial charge in [-0.2, -0.15) is 0 Å². The van der Waals surface area contributed by atoms with Crippen molar-refractivity contribution in [3.8, 4) is 0 Å². The van der Waals surface area contributed by atoms with Gasteiger partial charge in [0.05, 0.1) is 4.83 Å². The Morgan fingerprint density at radius 1 is 1.33 bits per heavy atom. The van der Waals surface area contributed by atoms with Gasteiger partial charge in [-0.25, -0.2) is 0 Å². The zero-order valence-corrected chi connectivity index (χ0v) is 12.7. The zero-order chi connectivity index (χ0) is 10.7. The van der Waals surface area contributed by atoms with Crippen molar-refractivity contribution in [3.05, 3.63) is 20.8 Å². The van der Waals surface area contributed by atoms with Crippen LogP contribution in [0.15, 0.2) is 15.9 Å². The summed E-state index contributed by atoms with van der Waals surface area (Å²) in [6, 6.07) is 2.15. The Kier molecular flexibility index (Phi) is 4.71. The molecule has 0 aromatic carbocycles. The fourth-order valence-electron chi connectivity index (χ4n) is 2.35. The van der Waals surface area contributed by atoms with Crippen molar-refractivity contribution in [2.75, 3.05) is 0 Å². The largest absolute Gasteiger partial charge is 0.147 e. The zero-order valence-electron chi connectivity index (χ0n) is 8.72. The Hall–Kier alpha value is 0.660. The summed E-state index contributed by atoms with van der Waals surface area (Å²) >= 11 is 9.30. The molecule has 0 spiro atoms. The van der Waals surface area contributed by atoms with Crippen molar-refractivity contribution in [2.24, 2.45) is 5.92 Å². The maximum Gasteiger partial charge on any atom is 0.0503 e. The molecule has 0 bridgehead atoms. The Morgan fingerprint density at radius 3 is 2.67 bits per heavy atom. The highest BCUT2D eigenvalue weighted by Gasteiger charge is 2.20. The number of halogens is 2. The van der Waals surface area contributed by atoms with E-state index in [9.17, 15) is 0 Å². The second-order valence-corrected chi connectivity index (χ2v) is 7.25. The van der Waals surface area contributed by atoms with E-state index in [-0.39, 0.29) is 0 Å². The second kappa shape index (κ2) is 5.83. The van der Waals surface area contributed by atoms with Crippen molar-refractivity contribution >= 4 is 43.2 Å². The van der Waals surface area contributed by atoms with Gasteiger partial charge in [-0.1, -0.05) is 48.0 Å². The van der Waals surface area contributed by atoms with Crippen molar-refractivity contribution < 1.29 is 0 Å². The maximum absolute atomic E-state index is 3.83. The van der Waals surface area contributed by atoms with Crippen LogP contribution in [0.1, 0.15) is 48.2 Å². The summed E-state index contributed by atoms with van der Waals surface area (Å²) in [5.41, 5.74) is 0. The van der Waals surface area contributed by atoms with E-state index in [1.807, 2.05) is 11.3 Å². The van der Waals surface area contributed by atoms with Gasteiger partial charge in [-0.3, -0.25) is 0 Å². The van der Waals surface area contributed by atoms with Crippen LogP contribution >= 0.6 is 43.2 Å². The van der Waals surface area contributed by atoms with Crippen molar-refractivity contribution in [1.82, 2.24) is 0 Å². The van der Waals surface area contributed by atoms with E-state index in [0.29, 0.717) is 4.83 Å². The third-order valence-electron chi connectivity index (χ3n) is 3.19. The lowest BCUT2D eigenvalue weighted by atomic mass is 9.86. The highest BCUT2D eigenvalue weighted by Crippen LogP contribution is 2.41. The fraction of sp³-hybridized carbons (Fsp3) is 0.667. The monoisotopic (exact) mass is 350 g/mol. The summed E-state index contributed by atoms with van der Waals surface area (Å²) in [5.74, 6) is 0.942. The molecular weight excluding hydrogens is 336 g/mol. The molecule has 1 fully saturated rings. The molecule has 0 amide bonds. The van der Waals surface area contributed by atoms with Crippen LogP contribution in [0, 0.1) is 5.92 Å². The third kappa shape index (κ3) is 3.31. The Bertz CT molecular complexity index is 302. The molecule has 3 heteroatoms. The molecule has 1 aromatic heterocycles. The van der Waals surface area contributed by atoms with Gasteiger partial charge in [0.2, 0.25) is 0 Å². The Balaban J connectivity index is 1.91. The predicted molar refractivity (Wildman–Crippen MR) is 74.9 cm³/mol. The van der Waals surface area contributed by atoms with Gasteiger partial charge in [-0.15, -0.1) is 11.3 Å². The molecule has 0 aliphatic heterocycles. The molecule has 1 heterocycles. The summed E-state index contributed by atoms with van der Waals surface area (Å²) in [7, 11) is 0. The summed E-state index contributed by atoms with van der Waals surface area (Å²) in [6.07, 6.45) is 8.51. The van der Waals surface area contributed by atoms with E-state index in [2.05, 4.69) is 43.3 Å². The first kappa shape index (κ1) is 12.1. The SMILES string of the molecule is Brc1ccsc1C(Br)CC1CCCCC1. The quantitative estimate of drug-likeness (QED) is 0.593. The minimum Gasteiger partial charge on any atom is -0.147 e.